The molecule has 0 aliphatic heterocycles. The Bertz CT molecular complexity index is 1340. The van der Waals surface area contributed by atoms with Crippen LogP contribution in [0.1, 0.15) is 31.1 Å². The smallest absolute Gasteiger partial charge is 0.319 e. The van der Waals surface area contributed by atoms with Gasteiger partial charge in [-0.2, -0.15) is 0 Å². The van der Waals surface area contributed by atoms with E-state index in [1.165, 1.54) is 0 Å². The van der Waals surface area contributed by atoms with Crippen molar-refractivity contribution in [3.8, 4) is 11.4 Å². The zero-order chi connectivity index (χ0) is 24.3. The number of rotatable bonds is 5. The summed E-state index contributed by atoms with van der Waals surface area (Å²) in [6.07, 6.45) is 3.43. The molecule has 2 aromatic heterocycles. The Balaban J connectivity index is 1.48. The predicted octanol–water partition coefficient (Wildman–Crippen LogP) is 5.70. The lowest BCUT2D eigenvalue weighted by molar-refractivity contribution is 0.102. The Hall–Kier alpha value is -3.91. The van der Waals surface area contributed by atoms with Gasteiger partial charge in [-0.3, -0.25) is 9.78 Å². The second-order valence-corrected chi connectivity index (χ2v) is 9.48. The van der Waals surface area contributed by atoms with Crippen LogP contribution in [0.3, 0.4) is 0 Å². The molecule has 0 saturated carbocycles. The lowest BCUT2D eigenvalue weighted by Crippen LogP contribution is -2.35. The van der Waals surface area contributed by atoms with E-state index in [1.807, 2.05) is 39.0 Å². The molecule has 2 heterocycles. The predicted molar refractivity (Wildman–Crippen MR) is 135 cm³/mol. The number of halogens is 1. The maximum atomic E-state index is 12.9. The fourth-order valence-electron chi connectivity index (χ4n) is 3.22. The molecule has 174 valence electrons. The average Bonchev–Trinajstić information content (AvgIpc) is 3.22. The molecule has 0 fully saturated rings. The first-order chi connectivity index (χ1) is 16.2. The highest BCUT2D eigenvalue weighted by Gasteiger charge is 2.15. The van der Waals surface area contributed by atoms with Gasteiger partial charge in [0.05, 0.1) is 21.6 Å². The number of hydrogen-bond acceptors (Lipinski definition) is 4. The van der Waals surface area contributed by atoms with Gasteiger partial charge < -0.3 is 20.9 Å². The van der Waals surface area contributed by atoms with Crippen molar-refractivity contribution in [2.24, 2.45) is 5.41 Å². The highest BCUT2D eigenvalue weighted by Crippen LogP contribution is 2.25. The third-order valence-electron chi connectivity index (χ3n) is 4.92. The fourth-order valence-corrected chi connectivity index (χ4v) is 3.43. The zero-order valence-corrected chi connectivity index (χ0v) is 19.8. The maximum absolute atomic E-state index is 12.9. The van der Waals surface area contributed by atoms with E-state index in [-0.39, 0.29) is 22.0 Å². The minimum atomic E-state index is -0.393. The quantitative estimate of drug-likeness (QED) is 0.296. The van der Waals surface area contributed by atoms with Crippen LogP contribution in [-0.4, -0.2) is 33.4 Å². The lowest BCUT2D eigenvalue weighted by atomic mass is 9.97. The first-order valence-corrected chi connectivity index (χ1v) is 11.1. The Morgan fingerprint density at radius 1 is 1.03 bits per heavy atom. The van der Waals surface area contributed by atoms with E-state index < -0.39 is 5.91 Å². The number of H-pyrrole nitrogens is 1. The topological polar surface area (TPSA) is 112 Å². The zero-order valence-electron chi connectivity index (χ0n) is 19.1. The number of nitrogens with one attached hydrogen (secondary N) is 4. The number of amides is 3. The Morgan fingerprint density at radius 3 is 2.53 bits per heavy atom. The molecular formula is C25H25ClN6O2. The van der Waals surface area contributed by atoms with Crippen LogP contribution in [0, 0.1) is 5.41 Å². The van der Waals surface area contributed by atoms with Gasteiger partial charge >= 0.3 is 6.03 Å². The van der Waals surface area contributed by atoms with E-state index in [2.05, 4.69) is 30.9 Å². The average molecular weight is 477 g/mol. The molecular weight excluding hydrogens is 452 g/mol. The number of imidazole rings is 1. The number of aromatic nitrogens is 3. The summed E-state index contributed by atoms with van der Waals surface area (Å²) >= 11 is 6.27. The molecule has 0 unspecified atom stereocenters. The van der Waals surface area contributed by atoms with Gasteiger partial charge in [0.2, 0.25) is 0 Å². The van der Waals surface area contributed by atoms with E-state index in [0.717, 1.165) is 16.6 Å². The summed E-state index contributed by atoms with van der Waals surface area (Å²) in [4.78, 5) is 37.0. The number of carbonyl (C=O) groups excluding carboxylic acids is 2. The highest BCUT2D eigenvalue weighted by atomic mass is 35.5. The third-order valence-corrected chi connectivity index (χ3v) is 5.25. The SMILES string of the molecule is CC(C)(C)CNC(=O)Nc1ccc(Cl)c(C(=O)Nc2ccc3nc(-c4cccnc4)[nH]c3c2)c1. The second kappa shape index (κ2) is 9.52. The van der Waals surface area contributed by atoms with E-state index in [0.29, 0.717) is 23.7 Å². The number of carbonyl (C=O) groups is 2. The fraction of sp³-hybridized carbons (Fsp3) is 0.200. The van der Waals surface area contributed by atoms with Crippen molar-refractivity contribution in [3.05, 3.63) is 71.5 Å². The standard InChI is InChI=1S/C25H25ClN6O2/c1-25(2,3)14-28-24(34)30-16-6-8-19(26)18(11-16)23(33)29-17-7-9-20-21(12-17)32-22(31-20)15-5-4-10-27-13-15/h4-13H,14H2,1-3H3,(H,29,33)(H,31,32)(H2,28,30,34). The first-order valence-electron chi connectivity index (χ1n) is 10.7. The third kappa shape index (κ3) is 5.71. The van der Waals surface area contributed by atoms with Gasteiger partial charge in [-0.1, -0.05) is 32.4 Å². The number of benzene rings is 2. The van der Waals surface area contributed by atoms with Gasteiger partial charge in [-0.05, 0) is 53.9 Å². The summed E-state index contributed by atoms with van der Waals surface area (Å²) < 4.78 is 0. The molecule has 0 radical (unpaired) electrons. The summed E-state index contributed by atoms with van der Waals surface area (Å²) in [5.74, 6) is 0.299. The first kappa shape index (κ1) is 23.3. The van der Waals surface area contributed by atoms with E-state index in [9.17, 15) is 9.59 Å². The number of urea groups is 1. The molecule has 4 rings (SSSR count). The molecule has 9 heteroatoms. The van der Waals surface area contributed by atoms with Crippen LogP contribution in [0.15, 0.2) is 60.9 Å². The van der Waals surface area contributed by atoms with Crippen molar-refractivity contribution in [2.75, 3.05) is 17.2 Å². The highest BCUT2D eigenvalue weighted by molar-refractivity contribution is 6.34. The van der Waals surface area contributed by atoms with Crippen molar-refractivity contribution in [2.45, 2.75) is 20.8 Å². The van der Waals surface area contributed by atoms with Crippen molar-refractivity contribution < 1.29 is 9.59 Å². The van der Waals surface area contributed by atoms with Gasteiger partial charge in [0.25, 0.3) is 5.91 Å². The molecule has 2 aromatic carbocycles. The monoisotopic (exact) mass is 476 g/mol. The van der Waals surface area contributed by atoms with Crippen LogP contribution in [-0.2, 0) is 0 Å². The Morgan fingerprint density at radius 2 is 1.79 bits per heavy atom. The van der Waals surface area contributed by atoms with Crippen molar-refractivity contribution in [1.82, 2.24) is 20.3 Å². The van der Waals surface area contributed by atoms with Crippen LogP contribution >= 0.6 is 11.6 Å². The largest absolute Gasteiger partial charge is 0.338 e. The van der Waals surface area contributed by atoms with Crippen molar-refractivity contribution >= 4 is 45.9 Å². The molecule has 0 bridgehead atoms. The summed E-state index contributed by atoms with van der Waals surface area (Å²) in [6, 6.07) is 13.6. The molecule has 4 N–H and O–H groups in total. The summed E-state index contributed by atoms with van der Waals surface area (Å²) in [5.41, 5.74) is 3.65. The molecule has 3 amide bonds. The van der Waals surface area contributed by atoms with Gasteiger partial charge in [-0.15, -0.1) is 0 Å². The lowest BCUT2D eigenvalue weighted by Gasteiger charge is -2.19. The summed E-state index contributed by atoms with van der Waals surface area (Å²) in [6.45, 7) is 6.59. The van der Waals surface area contributed by atoms with Gasteiger partial charge in [-0.25, -0.2) is 9.78 Å². The van der Waals surface area contributed by atoms with Gasteiger partial charge in [0, 0.05) is 35.9 Å². The minimum Gasteiger partial charge on any atom is -0.338 e. The van der Waals surface area contributed by atoms with Crippen LogP contribution in [0.25, 0.3) is 22.4 Å². The normalized spacial score (nSPS) is 11.3. The molecule has 4 aromatic rings. The molecule has 8 nitrogen and oxygen atoms in total. The summed E-state index contributed by atoms with van der Waals surface area (Å²) in [5, 5.41) is 8.68. The number of nitrogens with zero attached hydrogens (tertiary/aromatic N) is 2. The molecule has 0 spiro atoms. The molecule has 0 aliphatic rings. The Kier molecular flexibility index (Phi) is 6.51. The van der Waals surface area contributed by atoms with Crippen molar-refractivity contribution in [3.63, 3.8) is 0 Å². The molecule has 0 atom stereocenters. The van der Waals surface area contributed by atoms with Gasteiger partial charge in [0.1, 0.15) is 5.82 Å². The number of anilines is 2. The van der Waals surface area contributed by atoms with Gasteiger partial charge in [0.15, 0.2) is 0 Å². The van der Waals surface area contributed by atoms with Crippen molar-refractivity contribution in [1.29, 1.82) is 0 Å². The molecule has 0 saturated heterocycles. The van der Waals surface area contributed by atoms with E-state index in [1.54, 1.807) is 42.7 Å². The number of aromatic amines is 1. The maximum Gasteiger partial charge on any atom is 0.319 e. The number of pyridine rings is 1. The van der Waals surface area contributed by atoms with Crippen LogP contribution in [0.5, 0.6) is 0 Å². The molecule has 34 heavy (non-hydrogen) atoms. The van der Waals surface area contributed by atoms with Crippen LogP contribution in [0.2, 0.25) is 5.02 Å². The van der Waals surface area contributed by atoms with Crippen LogP contribution < -0.4 is 16.0 Å². The molecule has 0 aliphatic carbocycles. The second-order valence-electron chi connectivity index (χ2n) is 9.08. The Labute approximate surface area is 202 Å². The van der Waals surface area contributed by atoms with E-state index in [4.69, 9.17) is 11.6 Å². The van der Waals surface area contributed by atoms with Crippen LogP contribution in [0.4, 0.5) is 16.2 Å². The minimum absolute atomic E-state index is 0.0448. The number of fused-ring (bicyclic) bond motifs is 1. The number of hydrogen-bond donors (Lipinski definition) is 4. The summed E-state index contributed by atoms with van der Waals surface area (Å²) in [7, 11) is 0. The van der Waals surface area contributed by atoms with E-state index >= 15 is 0 Å².